The fourth-order valence-corrected chi connectivity index (χ4v) is 4.06. The lowest BCUT2D eigenvalue weighted by atomic mass is 10.1. The van der Waals surface area contributed by atoms with E-state index in [1.54, 1.807) is 0 Å². The summed E-state index contributed by atoms with van der Waals surface area (Å²) in [5, 5.41) is 14.4. The van der Waals surface area contributed by atoms with Crippen molar-refractivity contribution in [2.75, 3.05) is 25.1 Å². The molecule has 4 amide bonds. The number of aliphatic carboxylic acids is 1. The second kappa shape index (κ2) is 15.0. The Morgan fingerprint density at radius 1 is 1.09 bits per heavy atom. The third-order valence-corrected chi connectivity index (χ3v) is 6.03. The van der Waals surface area contributed by atoms with Gasteiger partial charge in [-0.05, 0) is 44.1 Å². The largest absolute Gasteiger partial charge is 0.480 e. The van der Waals surface area contributed by atoms with Crippen LogP contribution in [-0.2, 0) is 24.0 Å². The minimum atomic E-state index is -1.36. The molecule has 4 unspecified atom stereocenters. The molecule has 14 nitrogen and oxygen atoms in total. The molecule has 0 aliphatic carbocycles. The van der Waals surface area contributed by atoms with Gasteiger partial charge >= 0.3 is 5.97 Å². The van der Waals surface area contributed by atoms with Gasteiger partial charge in [0, 0.05) is 13.1 Å². The van der Waals surface area contributed by atoms with Crippen molar-refractivity contribution < 1.29 is 29.1 Å². The highest BCUT2D eigenvalue weighted by Crippen LogP contribution is 2.19. The predicted molar refractivity (Wildman–Crippen MR) is 131 cm³/mol. The van der Waals surface area contributed by atoms with Crippen molar-refractivity contribution in [1.82, 2.24) is 15.5 Å². The van der Waals surface area contributed by atoms with Crippen molar-refractivity contribution in [3.05, 3.63) is 0 Å². The Hall–Kier alpha value is -3.07. The molecule has 0 aromatic heterocycles. The summed E-state index contributed by atoms with van der Waals surface area (Å²) < 4.78 is 0. The van der Waals surface area contributed by atoms with Gasteiger partial charge in [0.05, 0.1) is 12.5 Å². The van der Waals surface area contributed by atoms with Gasteiger partial charge in [-0.1, -0.05) is 0 Å². The number of amides is 4. The molecular weight excluding hydrogens is 480 g/mol. The second-order valence-corrected chi connectivity index (χ2v) is 9.14. The van der Waals surface area contributed by atoms with Crippen LogP contribution in [0.2, 0.25) is 0 Å². The molecule has 0 saturated carbocycles. The summed E-state index contributed by atoms with van der Waals surface area (Å²) in [6.07, 6.45) is 3.03. The highest BCUT2D eigenvalue weighted by molar-refractivity contribution is 7.98. The zero-order valence-electron chi connectivity index (χ0n) is 19.8. The third-order valence-electron chi connectivity index (χ3n) is 5.39. The minimum Gasteiger partial charge on any atom is -0.480 e. The van der Waals surface area contributed by atoms with Gasteiger partial charge in [0.1, 0.15) is 18.1 Å². The third kappa shape index (κ3) is 10.4. The predicted octanol–water partition coefficient (Wildman–Crippen LogP) is -2.96. The van der Waals surface area contributed by atoms with Crippen molar-refractivity contribution in [3.63, 3.8) is 0 Å². The molecule has 0 aromatic rings. The van der Waals surface area contributed by atoms with E-state index < -0.39 is 60.2 Å². The molecule has 1 aliphatic rings. The number of hydrogen-bond donors (Lipinski definition) is 7. The first kappa shape index (κ1) is 30.0. The Morgan fingerprint density at radius 3 is 2.31 bits per heavy atom. The van der Waals surface area contributed by atoms with E-state index in [0.29, 0.717) is 25.0 Å². The topological polar surface area (TPSA) is 249 Å². The Bertz CT molecular complexity index is 806. The number of carbonyl (C=O) groups excluding carboxylic acids is 4. The Balaban J connectivity index is 2.89. The number of primary amides is 1. The SMILES string of the molecule is CSCCC(NC(=O)C(CC(N)=O)NC(=O)C(N)CCCN=C(N)N)C(=O)N1CCCC1C(=O)O. The van der Waals surface area contributed by atoms with E-state index in [-0.39, 0.29) is 31.9 Å². The number of carbonyl (C=O) groups is 5. The molecule has 35 heavy (non-hydrogen) atoms. The summed E-state index contributed by atoms with van der Waals surface area (Å²) in [5.74, 6) is -3.55. The highest BCUT2D eigenvalue weighted by Gasteiger charge is 2.38. The molecule has 0 bridgehead atoms. The number of carboxylic acid groups (broad SMARTS) is 1. The van der Waals surface area contributed by atoms with Crippen LogP contribution >= 0.6 is 11.8 Å². The number of thioether (sulfide) groups is 1. The van der Waals surface area contributed by atoms with Crippen LogP contribution in [-0.4, -0.2) is 94.8 Å². The smallest absolute Gasteiger partial charge is 0.326 e. The van der Waals surface area contributed by atoms with Gasteiger partial charge in [0.2, 0.25) is 23.6 Å². The van der Waals surface area contributed by atoms with Crippen LogP contribution in [0.15, 0.2) is 4.99 Å². The molecule has 1 rings (SSSR count). The fourth-order valence-electron chi connectivity index (χ4n) is 3.59. The molecule has 0 aromatic carbocycles. The average Bonchev–Trinajstić information content (AvgIpc) is 3.28. The molecule has 0 spiro atoms. The number of nitrogens with one attached hydrogen (secondary N) is 2. The Morgan fingerprint density at radius 2 is 1.74 bits per heavy atom. The summed E-state index contributed by atoms with van der Waals surface area (Å²) in [6.45, 7) is 0.527. The maximum absolute atomic E-state index is 13.1. The van der Waals surface area contributed by atoms with Crippen LogP contribution in [0, 0.1) is 0 Å². The van der Waals surface area contributed by atoms with E-state index >= 15 is 0 Å². The Labute approximate surface area is 208 Å². The van der Waals surface area contributed by atoms with E-state index in [9.17, 15) is 29.1 Å². The summed E-state index contributed by atoms with van der Waals surface area (Å²) in [7, 11) is 0. The number of likely N-dealkylation sites (tertiary alicyclic amines) is 1. The first-order valence-corrected chi connectivity index (χ1v) is 12.6. The number of aliphatic imine (C=N–C) groups is 1. The highest BCUT2D eigenvalue weighted by atomic mass is 32.2. The standard InChI is InChI=1S/C20H36N8O6S/c1-35-9-6-12(18(32)28-8-3-5-14(28)19(33)34)26-17(31)13(10-15(22)29)27-16(30)11(21)4-2-7-25-20(23)24/h11-14H,2-10,21H2,1H3,(H2,22,29)(H,26,31)(H,27,30)(H,33,34)(H4,23,24,25). The molecule has 11 N–H and O–H groups in total. The van der Waals surface area contributed by atoms with Crippen molar-refractivity contribution in [2.24, 2.45) is 27.9 Å². The van der Waals surface area contributed by atoms with Gasteiger partial charge in [-0.25, -0.2) is 4.79 Å². The molecule has 0 radical (unpaired) electrons. The van der Waals surface area contributed by atoms with E-state index in [1.165, 1.54) is 16.7 Å². The molecule has 1 saturated heterocycles. The van der Waals surface area contributed by atoms with Crippen LogP contribution < -0.4 is 33.6 Å². The fraction of sp³-hybridized carbons (Fsp3) is 0.700. The van der Waals surface area contributed by atoms with Gasteiger partial charge in [-0.15, -0.1) is 0 Å². The second-order valence-electron chi connectivity index (χ2n) is 8.16. The maximum Gasteiger partial charge on any atom is 0.326 e. The normalized spacial score (nSPS) is 17.7. The lowest BCUT2D eigenvalue weighted by Crippen LogP contribution is -2.57. The zero-order valence-corrected chi connectivity index (χ0v) is 20.6. The summed E-state index contributed by atoms with van der Waals surface area (Å²) in [4.78, 5) is 66.6. The number of guanidine groups is 1. The van der Waals surface area contributed by atoms with Gasteiger partial charge in [0.25, 0.3) is 0 Å². The van der Waals surface area contributed by atoms with E-state index in [2.05, 4.69) is 15.6 Å². The number of nitrogens with two attached hydrogens (primary N) is 4. The molecule has 1 fully saturated rings. The minimum absolute atomic E-state index is 0.0876. The van der Waals surface area contributed by atoms with Crippen molar-refractivity contribution in [2.45, 2.75) is 62.7 Å². The zero-order chi connectivity index (χ0) is 26.5. The quantitative estimate of drug-likeness (QED) is 0.0661. The summed E-state index contributed by atoms with van der Waals surface area (Å²) in [5.41, 5.74) is 21.6. The number of nitrogens with zero attached hydrogens (tertiary/aromatic N) is 2. The van der Waals surface area contributed by atoms with Crippen molar-refractivity contribution in [3.8, 4) is 0 Å². The molecule has 15 heteroatoms. The van der Waals surface area contributed by atoms with Crippen LogP contribution in [0.25, 0.3) is 0 Å². The molecule has 1 heterocycles. The number of carboxylic acids is 1. The van der Waals surface area contributed by atoms with E-state index in [4.69, 9.17) is 22.9 Å². The first-order chi connectivity index (χ1) is 16.5. The number of hydrogen-bond acceptors (Lipinski definition) is 8. The lowest BCUT2D eigenvalue weighted by Gasteiger charge is -2.28. The lowest BCUT2D eigenvalue weighted by molar-refractivity contribution is -0.149. The molecular formula is C20H36N8O6S. The van der Waals surface area contributed by atoms with Crippen molar-refractivity contribution >= 4 is 47.3 Å². The molecule has 4 atom stereocenters. The maximum atomic E-state index is 13.1. The monoisotopic (exact) mass is 516 g/mol. The van der Waals surface area contributed by atoms with Crippen LogP contribution in [0.5, 0.6) is 0 Å². The Kier molecular flexibility index (Phi) is 12.9. The molecule has 198 valence electrons. The van der Waals surface area contributed by atoms with Gasteiger partial charge in [0.15, 0.2) is 5.96 Å². The van der Waals surface area contributed by atoms with E-state index in [0.717, 1.165) is 0 Å². The number of rotatable bonds is 15. The van der Waals surface area contributed by atoms with Gasteiger partial charge in [-0.3, -0.25) is 24.2 Å². The van der Waals surface area contributed by atoms with Crippen LogP contribution in [0.4, 0.5) is 0 Å². The van der Waals surface area contributed by atoms with Crippen LogP contribution in [0.3, 0.4) is 0 Å². The first-order valence-electron chi connectivity index (χ1n) is 11.2. The average molecular weight is 517 g/mol. The molecule has 1 aliphatic heterocycles. The van der Waals surface area contributed by atoms with Gasteiger partial charge < -0.3 is 43.6 Å². The van der Waals surface area contributed by atoms with E-state index in [1.807, 2.05) is 6.26 Å². The van der Waals surface area contributed by atoms with Crippen molar-refractivity contribution in [1.29, 1.82) is 0 Å². The van der Waals surface area contributed by atoms with Gasteiger partial charge in [-0.2, -0.15) is 11.8 Å². The van der Waals surface area contributed by atoms with Crippen LogP contribution in [0.1, 0.15) is 38.5 Å². The summed E-state index contributed by atoms with van der Waals surface area (Å²) >= 11 is 1.45. The summed E-state index contributed by atoms with van der Waals surface area (Å²) in [6, 6.07) is -4.35.